The van der Waals surface area contributed by atoms with Gasteiger partial charge in [-0.25, -0.2) is 9.59 Å². The van der Waals surface area contributed by atoms with Gasteiger partial charge in [-0.15, -0.1) is 0 Å². The van der Waals surface area contributed by atoms with Crippen LogP contribution in [-0.4, -0.2) is 43.9 Å². The molecule has 0 bridgehead atoms. The molecule has 0 aliphatic heterocycles. The molecule has 0 saturated heterocycles. The van der Waals surface area contributed by atoms with E-state index in [1.54, 1.807) is 20.8 Å². The van der Waals surface area contributed by atoms with Crippen LogP contribution in [-0.2, 0) is 23.8 Å². The fourth-order valence-corrected chi connectivity index (χ4v) is 2.49. The molecular weight excluding hydrogens is 290 g/mol. The van der Waals surface area contributed by atoms with Gasteiger partial charge in [0.15, 0.2) is 0 Å². The first-order valence-electron chi connectivity index (χ1n) is 7.29. The van der Waals surface area contributed by atoms with E-state index in [1.165, 1.54) is 14.2 Å². The number of methoxy groups -OCH3 is 2. The van der Waals surface area contributed by atoms with Crippen LogP contribution in [0, 0.1) is 5.41 Å². The maximum absolute atomic E-state index is 12.0. The Morgan fingerprint density at radius 1 is 1.14 bits per heavy atom. The van der Waals surface area contributed by atoms with Crippen molar-refractivity contribution < 1.29 is 28.6 Å². The quantitative estimate of drug-likeness (QED) is 0.614. The van der Waals surface area contributed by atoms with Gasteiger partial charge in [0.25, 0.3) is 0 Å². The highest BCUT2D eigenvalue weighted by Gasteiger charge is 2.48. The Morgan fingerprint density at radius 3 is 2.09 bits per heavy atom. The number of hydrogen-bond donors (Lipinski definition) is 1. The molecule has 7 heteroatoms. The second-order valence-electron chi connectivity index (χ2n) is 6.55. The van der Waals surface area contributed by atoms with Gasteiger partial charge >= 0.3 is 18.0 Å². The van der Waals surface area contributed by atoms with Gasteiger partial charge < -0.3 is 19.5 Å². The van der Waals surface area contributed by atoms with E-state index in [1.807, 2.05) is 0 Å². The highest BCUT2D eigenvalue weighted by molar-refractivity contribution is 5.84. The normalized spacial score (nSPS) is 17.7. The zero-order valence-electron chi connectivity index (χ0n) is 13.9. The van der Waals surface area contributed by atoms with Gasteiger partial charge in [-0.05, 0) is 40.0 Å². The van der Waals surface area contributed by atoms with Crippen LogP contribution in [0.3, 0.4) is 0 Å². The first-order valence-corrected chi connectivity index (χ1v) is 7.29. The van der Waals surface area contributed by atoms with E-state index < -0.39 is 29.1 Å². The fraction of sp³-hybridized carbons (Fsp3) is 0.800. The van der Waals surface area contributed by atoms with Crippen LogP contribution in [0.1, 0.15) is 46.5 Å². The Labute approximate surface area is 130 Å². The number of nitrogens with one attached hydrogen (secondary N) is 1. The first-order chi connectivity index (χ1) is 10.1. The van der Waals surface area contributed by atoms with E-state index in [0.29, 0.717) is 12.8 Å². The molecule has 1 rings (SSSR count). The van der Waals surface area contributed by atoms with Crippen molar-refractivity contribution in [1.29, 1.82) is 0 Å². The standard InChI is InChI=1S/C15H25NO6/c1-14(2,3)22-13(19)16-10(11(17)20-4)9-15(7-6-8-15)12(18)21-5/h10H,6-9H2,1-5H3,(H,16,19)/t10-/m0/s1. The van der Waals surface area contributed by atoms with E-state index in [2.05, 4.69) is 5.32 Å². The summed E-state index contributed by atoms with van der Waals surface area (Å²) in [5.74, 6) is -0.973. The number of carbonyl (C=O) groups excluding carboxylic acids is 3. The van der Waals surface area contributed by atoms with Crippen molar-refractivity contribution in [3.8, 4) is 0 Å². The monoisotopic (exact) mass is 315 g/mol. The fourth-order valence-electron chi connectivity index (χ4n) is 2.49. The molecule has 1 aliphatic carbocycles. The zero-order chi connectivity index (χ0) is 17.0. The van der Waals surface area contributed by atoms with Crippen LogP contribution in [0.25, 0.3) is 0 Å². The predicted octanol–water partition coefficient (Wildman–Crippen LogP) is 1.79. The van der Waals surface area contributed by atoms with Crippen molar-refractivity contribution >= 4 is 18.0 Å². The SMILES string of the molecule is COC(=O)[C@H](CC1(C(=O)OC)CCC1)NC(=O)OC(C)(C)C. The molecule has 1 aliphatic rings. The maximum atomic E-state index is 12.0. The van der Waals surface area contributed by atoms with E-state index >= 15 is 0 Å². The minimum Gasteiger partial charge on any atom is -0.469 e. The second-order valence-corrected chi connectivity index (χ2v) is 6.55. The number of carbonyl (C=O) groups is 3. The molecule has 1 saturated carbocycles. The minimum atomic E-state index is -0.945. The highest BCUT2D eigenvalue weighted by Crippen LogP contribution is 2.45. The van der Waals surface area contributed by atoms with Crippen LogP contribution in [0.2, 0.25) is 0 Å². The lowest BCUT2D eigenvalue weighted by molar-refractivity contribution is -0.161. The number of hydrogen-bond acceptors (Lipinski definition) is 6. The molecule has 0 aromatic heterocycles. The molecule has 1 amide bonds. The summed E-state index contributed by atoms with van der Waals surface area (Å²) >= 11 is 0. The number of ether oxygens (including phenoxy) is 3. The largest absolute Gasteiger partial charge is 0.469 e. The molecule has 1 fully saturated rings. The third-order valence-electron chi connectivity index (χ3n) is 3.70. The third kappa shape index (κ3) is 4.61. The van der Waals surface area contributed by atoms with Crippen molar-refractivity contribution in [2.75, 3.05) is 14.2 Å². The summed E-state index contributed by atoms with van der Waals surface area (Å²) in [6.45, 7) is 5.17. The summed E-state index contributed by atoms with van der Waals surface area (Å²) in [5, 5.41) is 2.48. The van der Waals surface area contributed by atoms with Crippen molar-refractivity contribution in [3.63, 3.8) is 0 Å². The Kier molecular flexibility index (Phi) is 5.79. The van der Waals surface area contributed by atoms with Gasteiger partial charge in [-0.1, -0.05) is 6.42 Å². The molecule has 7 nitrogen and oxygen atoms in total. The lowest BCUT2D eigenvalue weighted by atomic mass is 9.65. The minimum absolute atomic E-state index is 0.144. The Morgan fingerprint density at radius 2 is 1.73 bits per heavy atom. The number of rotatable bonds is 5. The van der Waals surface area contributed by atoms with Crippen LogP contribution < -0.4 is 5.32 Å². The predicted molar refractivity (Wildman–Crippen MR) is 78.1 cm³/mol. The Hall–Kier alpha value is -1.79. The third-order valence-corrected chi connectivity index (χ3v) is 3.70. The van der Waals surface area contributed by atoms with Crippen LogP contribution in [0.15, 0.2) is 0 Å². The molecule has 126 valence electrons. The smallest absolute Gasteiger partial charge is 0.408 e. The Bertz CT molecular complexity index is 436. The summed E-state index contributed by atoms with van der Waals surface area (Å²) in [6, 6.07) is -0.945. The first kappa shape index (κ1) is 18.3. The molecule has 0 aromatic carbocycles. The average molecular weight is 315 g/mol. The van der Waals surface area contributed by atoms with Gasteiger partial charge in [-0.3, -0.25) is 4.79 Å². The summed E-state index contributed by atoms with van der Waals surface area (Å²) in [4.78, 5) is 35.7. The van der Waals surface area contributed by atoms with Gasteiger partial charge in [0.05, 0.1) is 19.6 Å². The van der Waals surface area contributed by atoms with Crippen LogP contribution in [0.4, 0.5) is 4.79 Å². The topological polar surface area (TPSA) is 90.9 Å². The number of amides is 1. The number of esters is 2. The zero-order valence-corrected chi connectivity index (χ0v) is 13.9. The molecule has 0 unspecified atom stereocenters. The van der Waals surface area contributed by atoms with Gasteiger partial charge in [0.2, 0.25) is 0 Å². The molecular formula is C15H25NO6. The Balaban J connectivity index is 2.79. The lowest BCUT2D eigenvalue weighted by Crippen LogP contribution is -2.50. The van der Waals surface area contributed by atoms with Crippen LogP contribution in [0.5, 0.6) is 0 Å². The van der Waals surface area contributed by atoms with Crippen LogP contribution >= 0.6 is 0 Å². The number of alkyl carbamates (subject to hydrolysis) is 1. The highest BCUT2D eigenvalue weighted by atomic mass is 16.6. The van der Waals surface area contributed by atoms with E-state index in [0.717, 1.165) is 6.42 Å². The van der Waals surface area contributed by atoms with Gasteiger partial charge in [-0.2, -0.15) is 0 Å². The van der Waals surface area contributed by atoms with Gasteiger partial charge in [0.1, 0.15) is 11.6 Å². The van der Waals surface area contributed by atoms with Crippen molar-refractivity contribution in [1.82, 2.24) is 5.32 Å². The van der Waals surface area contributed by atoms with Gasteiger partial charge in [0, 0.05) is 0 Å². The molecule has 22 heavy (non-hydrogen) atoms. The molecule has 0 spiro atoms. The molecule has 1 N–H and O–H groups in total. The van der Waals surface area contributed by atoms with Crippen molar-refractivity contribution in [2.24, 2.45) is 5.41 Å². The van der Waals surface area contributed by atoms with E-state index in [9.17, 15) is 14.4 Å². The molecule has 0 heterocycles. The summed E-state index contributed by atoms with van der Waals surface area (Å²) in [7, 11) is 2.55. The maximum Gasteiger partial charge on any atom is 0.408 e. The molecule has 0 aromatic rings. The summed E-state index contributed by atoms with van der Waals surface area (Å²) in [5.41, 5.74) is -1.41. The second kappa shape index (κ2) is 6.98. The summed E-state index contributed by atoms with van der Waals surface area (Å²) in [6.07, 6.45) is 1.56. The van der Waals surface area contributed by atoms with Crippen molar-refractivity contribution in [3.05, 3.63) is 0 Å². The average Bonchev–Trinajstić information content (AvgIpc) is 2.37. The lowest BCUT2D eigenvalue weighted by Gasteiger charge is -2.40. The summed E-state index contributed by atoms with van der Waals surface area (Å²) < 4.78 is 14.7. The molecule has 0 radical (unpaired) electrons. The van der Waals surface area contributed by atoms with Crippen molar-refractivity contribution in [2.45, 2.75) is 58.1 Å². The van der Waals surface area contributed by atoms with E-state index in [-0.39, 0.29) is 12.4 Å². The molecule has 1 atom stereocenters. The van der Waals surface area contributed by atoms with E-state index in [4.69, 9.17) is 14.2 Å².